The fraction of sp³-hybridized carbons (Fsp3) is 0.750. The molecule has 1 heterocycles. The molecule has 0 spiro atoms. The highest BCUT2D eigenvalue weighted by Gasteiger charge is 2.23. The van der Waals surface area contributed by atoms with E-state index < -0.39 is 0 Å². The van der Waals surface area contributed by atoms with E-state index in [4.69, 9.17) is 9.57 Å². The number of hydrogen-bond acceptors (Lipinski definition) is 6. The first-order chi connectivity index (χ1) is 8.67. The number of aliphatic imine (C=N–C) groups is 2. The summed E-state index contributed by atoms with van der Waals surface area (Å²) in [4.78, 5) is 24.8. The van der Waals surface area contributed by atoms with Crippen molar-refractivity contribution in [2.45, 2.75) is 26.3 Å². The number of hydroxylamine groups is 1. The van der Waals surface area contributed by atoms with E-state index in [1.165, 1.54) is 0 Å². The van der Waals surface area contributed by atoms with Crippen LogP contribution in [-0.2, 0) is 14.4 Å². The molecule has 0 saturated carbocycles. The van der Waals surface area contributed by atoms with E-state index in [0.717, 1.165) is 12.3 Å². The van der Waals surface area contributed by atoms with Crippen LogP contribution in [0.1, 0.15) is 20.3 Å². The quantitative estimate of drug-likeness (QED) is 0.411. The predicted molar refractivity (Wildman–Crippen MR) is 70.0 cm³/mol. The molecule has 0 bridgehead atoms. The fourth-order valence-electron chi connectivity index (χ4n) is 1.73. The largest absolute Gasteiger partial charge is 0.466 e. The number of nitrogens with one attached hydrogen (secondary N) is 1. The molecule has 6 heteroatoms. The van der Waals surface area contributed by atoms with E-state index in [0.29, 0.717) is 13.2 Å². The lowest BCUT2D eigenvalue weighted by Crippen LogP contribution is -2.36. The minimum absolute atomic E-state index is 0.0918. The first-order valence-corrected chi connectivity index (χ1v) is 6.11. The molecule has 1 aliphatic heterocycles. The first-order valence-electron chi connectivity index (χ1n) is 6.11. The Kier molecular flexibility index (Phi) is 6.53. The van der Waals surface area contributed by atoms with Crippen LogP contribution in [-0.4, -0.2) is 50.7 Å². The van der Waals surface area contributed by atoms with Gasteiger partial charge in [-0.25, -0.2) is 0 Å². The average molecular weight is 255 g/mol. The van der Waals surface area contributed by atoms with E-state index in [9.17, 15) is 4.79 Å². The smallest absolute Gasteiger partial charge is 0.311 e. The van der Waals surface area contributed by atoms with Gasteiger partial charge in [0.05, 0.1) is 26.2 Å². The SMILES string of the molecule is CCOC(=O)CC(C)=NCC1CN=CC1NOC. The van der Waals surface area contributed by atoms with Gasteiger partial charge in [0, 0.05) is 30.9 Å². The molecule has 102 valence electrons. The Morgan fingerprint density at radius 2 is 2.39 bits per heavy atom. The lowest BCUT2D eigenvalue weighted by Gasteiger charge is -2.16. The predicted octanol–water partition coefficient (Wildman–Crippen LogP) is 0.621. The van der Waals surface area contributed by atoms with Gasteiger partial charge in [0.25, 0.3) is 0 Å². The summed E-state index contributed by atoms with van der Waals surface area (Å²) in [6.07, 6.45) is 2.09. The van der Waals surface area contributed by atoms with Crippen molar-refractivity contribution in [2.24, 2.45) is 15.9 Å². The summed E-state index contributed by atoms with van der Waals surface area (Å²) in [5.74, 6) is 0.0510. The highest BCUT2D eigenvalue weighted by molar-refractivity contribution is 5.97. The average Bonchev–Trinajstić information content (AvgIpc) is 2.75. The van der Waals surface area contributed by atoms with Gasteiger partial charge in [0.2, 0.25) is 0 Å². The summed E-state index contributed by atoms with van der Waals surface area (Å²) >= 11 is 0. The van der Waals surface area contributed by atoms with E-state index in [-0.39, 0.29) is 24.3 Å². The molecular weight excluding hydrogens is 234 g/mol. The molecule has 0 radical (unpaired) electrons. The van der Waals surface area contributed by atoms with Crippen LogP contribution in [0.15, 0.2) is 9.98 Å². The minimum Gasteiger partial charge on any atom is -0.466 e. The Hall–Kier alpha value is -1.27. The zero-order chi connectivity index (χ0) is 13.4. The monoisotopic (exact) mass is 255 g/mol. The molecule has 0 saturated heterocycles. The van der Waals surface area contributed by atoms with Crippen LogP contribution in [0, 0.1) is 5.92 Å². The number of rotatable bonds is 7. The van der Waals surface area contributed by atoms with E-state index in [2.05, 4.69) is 15.5 Å². The summed E-state index contributed by atoms with van der Waals surface area (Å²) < 4.78 is 4.87. The molecule has 1 aliphatic rings. The third-order valence-corrected chi connectivity index (χ3v) is 2.67. The summed E-state index contributed by atoms with van der Waals surface area (Å²) in [7, 11) is 1.58. The summed E-state index contributed by atoms with van der Waals surface area (Å²) in [6.45, 7) is 5.40. The molecule has 0 fully saturated rings. The standard InChI is InChI=1S/C12H21N3O3/c1-4-18-12(16)5-9(2)14-7-10-6-13-8-11(10)15-17-3/h8,10-11,15H,4-7H2,1-3H3. The van der Waals surface area contributed by atoms with Crippen molar-refractivity contribution in [3.05, 3.63) is 0 Å². The Morgan fingerprint density at radius 1 is 1.61 bits per heavy atom. The zero-order valence-corrected chi connectivity index (χ0v) is 11.2. The van der Waals surface area contributed by atoms with Crippen molar-refractivity contribution in [2.75, 3.05) is 26.8 Å². The van der Waals surface area contributed by atoms with E-state index >= 15 is 0 Å². The second-order valence-corrected chi connectivity index (χ2v) is 4.18. The minimum atomic E-state index is -0.229. The van der Waals surface area contributed by atoms with Crippen molar-refractivity contribution in [3.63, 3.8) is 0 Å². The maximum absolute atomic E-state index is 11.3. The van der Waals surface area contributed by atoms with Gasteiger partial charge in [-0.2, -0.15) is 5.48 Å². The topological polar surface area (TPSA) is 72.3 Å². The van der Waals surface area contributed by atoms with Crippen LogP contribution < -0.4 is 5.48 Å². The molecule has 2 unspecified atom stereocenters. The van der Waals surface area contributed by atoms with Crippen molar-refractivity contribution >= 4 is 17.9 Å². The highest BCUT2D eigenvalue weighted by atomic mass is 16.6. The van der Waals surface area contributed by atoms with Gasteiger partial charge in [-0.05, 0) is 13.8 Å². The highest BCUT2D eigenvalue weighted by Crippen LogP contribution is 2.10. The van der Waals surface area contributed by atoms with Crippen LogP contribution in [0.4, 0.5) is 0 Å². The molecule has 0 aromatic heterocycles. The van der Waals surface area contributed by atoms with Gasteiger partial charge < -0.3 is 9.57 Å². The molecule has 0 amide bonds. The molecule has 1 N–H and O–H groups in total. The number of esters is 1. The van der Waals surface area contributed by atoms with Crippen molar-refractivity contribution < 1.29 is 14.4 Å². The maximum Gasteiger partial charge on any atom is 0.311 e. The van der Waals surface area contributed by atoms with Gasteiger partial charge in [0.15, 0.2) is 0 Å². The zero-order valence-electron chi connectivity index (χ0n) is 11.2. The number of hydrogen-bond donors (Lipinski definition) is 1. The maximum atomic E-state index is 11.3. The number of carbonyl (C=O) groups is 1. The normalized spacial score (nSPS) is 23.4. The van der Waals surface area contributed by atoms with Crippen LogP contribution >= 0.6 is 0 Å². The first kappa shape index (κ1) is 14.8. The number of nitrogens with zero attached hydrogens (tertiary/aromatic N) is 2. The molecule has 0 aromatic rings. The molecule has 0 aliphatic carbocycles. The summed E-state index contributed by atoms with van der Waals surface area (Å²) in [5, 5.41) is 0. The molecular formula is C12H21N3O3. The third kappa shape index (κ3) is 4.93. The molecule has 2 atom stereocenters. The van der Waals surface area contributed by atoms with Gasteiger partial charge in [-0.15, -0.1) is 0 Å². The second-order valence-electron chi connectivity index (χ2n) is 4.18. The summed E-state index contributed by atoms with van der Waals surface area (Å²) in [5.41, 5.74) is 3.66. The van der Waals surface area contributed by atoms with Crippen molar-refractivity contribution in [1.29, 1.82) is 0 Å². The Bertz CT molecular complexity index is 329. The molecule has 6 nitrogen and oxygen atoms in total. The second kappa shape index (κ2) is 7.94. The van der Waals surface area contributed by atoms with Gasteiger partial charge in [0.1, 0.15) is 0 Å². The van der Waals surface area contributed by atoms with E-state index in [1.807, 2.05) is 13.1 Å². The number of carbonyl (C=O) groups excluding carboxylic acids is 1. The van der Waals surface area contributed by atoms with Crippen molar-refractivity contribution in [1.82, 2.24) is 5.48 Å². The molecule has 18 heavy (non-hydrogen) atoms. The number of ether oxygens (including phenoxy) is 1. The van der Waals surface area contributed by atoms with Crippen LogP contribution in [0.2, 0.25) is 0 Å². The third-order valence-electron chi connectivity index (χ3n) is 2.67. The van der Waals surface area contributed by atoms with Crippen LogP contribution in [0.3, 0.4) is 0 Å². The van der Waals surface area contributed by atoms with Crippen LogP contribution in [0.5, 0.6) is 0 Å². The Morgan fingerprint density at radius 3 is 3.06 bits per heavy atom. The van der Waals surface area contributed by atoms with Gasteiger partial charge in [-0.3, -0.25) is 14.8 Å². The summed E-state index contributed by atoms with van der Waals surface area (Å²) in [6, 6.07) is 0.0918. The molecule has 0 aromatic carbocycles. The van der Waals surface area contributed by atoms with Gasteiger partial charge >= 0.3 is 5.97 Å². The fourth-order valence-corrected chi connectivity index (χ4v) is 1.73. The lowest BCUT2D eigenvalue weighted by atomic mass is 10.0. The Labute approximate surface area is 107 Å². The lowest BCUT2D eigenvalue weighted by molar-refractivity contribution is -0.141. The molecule has 1 rings (SSSR count). The van der Waals surface area contributed by atoms with Crippen molar-refractivity contribution in [3.8, 4) is 0 Å². The van der Waals surface area contributed by atoms with Gasteiger partial charge in [-0.1, -0.05) is 0 Å². The Balaban J connectivity index is 2.36. The van der Waals surface area contributed by atoms with Crippen LogP contribution in [0.25, 0.3) is 0 Å². The van der Waals surface area contributed by atoms with E-state index in [1.54, 1.807) is 14.0 Å².